The van der Waals surface area contributed by atoms with Gasteiger partial charge in [-0.15, -0.1) is 0 Å². The molecule has 0 bridgehead atoms. The number of nitrogens with zero attached hydrogens (tertiary/aromatic N) is 2. The van der Waals surface area contributed by atoms with Crippen LogP contribution in [-0.2, 0) is 9.59 Å². The molecule has 0 saturated carbocycles. The normalized spacial score (nSPS) is 14.4. The molecule has 6 nitrogen and oxygen atoms in total. The zero-order valence-corrected chi connectivity index (χ0v) is 18.0. The van der Waals surface area contributed by atoms with E-state index in [1.54, 1.807) is 43.3 Å². The molecule has 0 aromatic heterocycles. The first-order chi connectivity index (χ1) is 15.5. The van der Waals surface area contributed by atoms with E-state index in [9.17, 15) is 9.59 Å². The first-order valence-corrected chi connectivity index (χ1v) is 10.3. The molecule has 4 rings (SSSR count). The van der Waals surface area contributed by atoms with Gasteiger partial charge in [-0.3, -0.25) is 9.59 Å². The van der Waals surface area contributed by atoms with Crippen molar-refractivity contribution in [3.63, 3.8) is 0 Å². The van der Waals surface area contributed by atoms with E-state index in [0.717, 1.165) is 5.56 Å². The Morgan fingerprint density at radius 3 is 2.44 bits per heavy atom. The van der Waals surface area contributed by atoms with Gasteiger partial charge in [-0.05, 0) is 55.0 Å². The van der Waals surface area contributed by atoms with Gasteiger partial charge in [0.1, 0.15) is 5.75 Å². The second kappa shape index (κ2) is 9.49. The predicted octanol–water partition coefficient (Wildman–Crippen LogP) is 5.16. The lowest BCUT2D eigenvalue weighted by Gasteiger charge is -2.11. The SMILES string of the molecule is CC1=NN(c2ccccc2)C(=O)/C1=C/c1ccc(OCC(=O)Nc2ccccc2)c(Cl)c1. The number of hydrogen-bond donors (Lipinski definition) is 1. The fraction of sp³-hybridized carbons (Fsp3) is 0.0800. The van der Waals surface area contributed by atoms with E-state index in [1.807, 2.05) is 48.5 Å². The summed E-state index contributed by atoms with van der Waals surface area (Å²) in [5, 5.41) is 8.84. The van der Waals surface area contributed by atoms with Crippen LogP contribution in [0.3, 0.4) is 0 Å². The Morgan fingerprint density at radius 1 is 1.06 bits per heavy atom. The summed E-state index contributed by atoms with van der Waals surface area (Å²) in [5.41, 5.74) is 3.23. The monoisotopic (exact) mass is 445 g/mol. The second-order valence-corrected chi connectivity index (χ2v) is 7.50. The van der Waals surface area contributed by atoms with Crippen LogP contribution in [0.15, 0.2) is 89.5 Å². The summed E-state index contributed by atoms with van der Waals surface area (Å²) in [4.78, 5) is 24.9. The maximum absolute atomic E-state index is 12.8. The minimum Gasteiger partial charge on any atom is -0.482 e. The topological polar surface area (TPSA) is 71.0 Å². The molecule has 0 aliphatic carbocycles. The van der Waals surface area contributed by atoms with Crippen molar-refractivity contribution in [3.05, 3.63) is 95.0 Å². The molecule has 160 valence electrons. The van der Waals surface area contributed by atoms with Crippen LogP contribution < -0.4 is 15.1 Å². The summed E-state index contributed by atoms with van der Waals surface area (Å²) >= 11 is 6.34. The third-order valence-electron chi connectivity index (χ3n) is 4.75. The predicted molar refractivity (Wildman–Crippen MR) is 127 cm³/mol. The van der Waals surface area contributed by atoms with Gasteiger partial charge in [0.15, 0.2) is 6.61 Å². The zero-order chi connectivity index (χ0) is 22.5. The van der Waals surface area contributed by atoms with Crippen molar-refractivity contribution in [2.75, 3.05) is 16.9 Å². The maximum Gasteiger partial charge on any atom is 0.280 e. The Hall–Kier alpha value is -3.90. The summed E-state index contributed by atoms with van der Waals surface area (Å²) in [6, 6.07) is 23.5. The number of halogens is 1. The molecule has 0 fully saturated rings. The lowest BCUT2D eigenvalue weighted by molar-refractivity contribution is -0.118. The number of benzene rings is 3. The van der Waals surface area contributed by atoms with Crippen LogP contribution in [0.1, 0.15) is 12.5 Å². The van der Waals surface area contributed by atoms with Crippen molar-refractivity contribution >= 4 is 46.6 Å². The van der Waals surface area contributed by atoms with Crippen molar-refractivity contribution in [2.24, 2.45) is 5.10 Å². The van der Waals surface area contributed by atoms with Crippen molar-refractivity contribution in [2.45, 2.75) is 6.92 Å². The molecule has 3 aromatic carbocycles. The summed E-state index contributed by atoms with van der Waals surface area (Å²) in [5.74, 6) is -0.114. The maximum atomic E-state index is 12.8. The van der Waals surface area contributed by atoms with E-state index in [1.165, 1.54) is 5.01 Å². The van der Waals surface area contributed by atoms with Gasteiger partial charge < -0.3 is 10.1 Å². The highest BCUT2D eigenvalue weighted by atomic mass is 35.5. The third kappa shape index (κ3) is 4.87. The molecule has 0 spiro atoms. The van der Waals surface area contributed by atoms with Crippen LogP contribution in [0.4, 0.5) is 11.4 Å². The van der Waals surface area contributed by atoms with Gasteiger partial charge >= 0.3 is 0 Å². The van der Waals surface area contributed by atoms with Crippen LogP contribution in [0.5, 0.6) is 5.75 Å². The largest absolute Gasteiger partial charge is 0.482 e. The van der Waals surface area contributed by atoms with Crippen molar-refractivity contribution < 1.29 is 14.3 Å². The third-order valence-corrected chi connectivity index (χ3v) is 5.04. The Bertz CT molecular complexity index is 1210. The van der Waals surface area contributed by atoms with Gasteiger partial charge in [0, 0.05) is 5.69 Å². The summed E-state index contributed by atoms with van der Waals surface area (Å²) < 4.78 is 5.55. The molecule has 2 amide bonds. The van der Waals surface area contributed by atoms with E-state index in [0.29, 0.717) is 33.4 Å². The van der Waals surface area contributed by atoms with Gasteiger partial charge in [-0.2, -0.15) is 10.1 Å². The Kier molecular flexibility index (Phi) is 6.33. The molecule has 1 heterocycles. The highest BCUT2D eigenvalue weighted by Crippen LogP contribution is 2.29. The number of rotatable bonds is 6. The number of carbonyl (C=O) groups excluding carboxylic acids is 2. The van der Waals surface area contributed by atoms with Crippen molar-refractivity contribution in [1.29, 1.82) is 0 Å². The van der Waals surface area contributed by atoms with E-state index >= 15 is 0 Å². The number of nitrogens with one attached hydrogen (secondary N) is 1. The summed E-state index contributed by atoms with van der Waals surface area (Å²) in [7, 11) is 0. The Balaban J connectivity index is 1.43. The number of carbonyl (C=O) groups is 2. The molecule has 0 unspecified atom stereocenters. The molecular weight excluding hydrogens is 426 g/mol. The smallest absolute Gasteiger partial charge is 0.280 e. The molecule has 0 radical (unpaired) electrons. The number of anilines is 2. The molecule has 32 heavy (non-hydrogen) atoms. The van der Waals surface area contributed by atoms with Gasteiger partial charge in [0.2, 0.25) is 0 Å². The van der Waals surface area contributed by atoms with Gasteiger partial charge in [0.05, 0.1) is 22.0 Å². The van der Waals surface area contributed by atoms with E-state index in [-0.39, 0.29) is 18.4 Å². The van der Waals surface area contributed by atoms with Crippen LogP contribution in [-0.4, -0.2) is 24.1 Å². The quantitative estimate of drug-likeness (QED) is 0.532. The van der Waals surface area contributed by atoms with Crippen LogP contribution in [0.2, 0.25) is 5.02 Å². The van der Waals surface area contributed by atoms with Gasteiger partial charge in [0.25, 0.3) is 11.8 Å². The minimum absolute atomic E-state index is 0.175. The average molecular weight is 446 g/mol. The Labute approximate surface area is 190 Å². The van der Waals surface area contributed by atoms with Crippen LogP contribution in [0.25, 0.3) is 6.08 Å². The summed E-state index contributed by atoms with van der Waals surface area (Å²) in [6.45, 7) is 1.61. The summed E-state index contributed by atoms with van der Waals surface area (Å²) in [6.07, 6.45) is 1.74. The van der Waals surface area contributed by atoms with Gasteiger partial charge in [-0.1, -0.05) is 54.1 Å². The van der Waals surface area contributed by atoms with E-state index < -0.39 is 0 Å². The van der Waals surface area contributed by atoms with Crippen LogP contribution >= 0.6 is 11.6 Å². The number of hydrazone groups is 1. The number of ether oxygens (including phenoxy) is 1. The molecule has 3 aromatic rings. The first kappa shape index (κ1) is 21.3. The zero-order valence-electron chi connectivity index (χ0n) is 17.3. The molecular formula is C25H20ClN3O3. The highest BCUT2D eigenvalue weighted by Gasteiger charge is 2.28. The fourth-order valence-corrected chi connectivity index (χ4v) is 3.42. The number of hydrogen-bond acceptors (Lipinski definition) is 4. The van der Waals surface area contributed by atoms with Crippen LogP contribution in [0, 0.1) is 0 Å². The molecule has 0 atom stereocenters. The minimum atomic E-state index is -0.289. The van der Waals surface area contributed by atoms with Crippen molar-refractivity contribution in [3.8, 4) is 5.75 Å². The second-order valence-electron chi connectivity index (χ2n) is 7.09. The number of para-hydroxylation sites is 2. The standard InChI is InChI=1S/C25H20ClN3O3/c1-17-21(25(31)29(28-17)20-10-6-3-7-11-20)14-18-12-13-23(22(26)15-18)32-16-24(30)27-19-8-4-2-5-9-19/h2-15H,16H2,1H3,(H,27,30)/b21-14+. The number of amides is 2. The van der Waals surface area contributed by atoms with E-state index in [4.69, 9.17) is 16.3 Å². The fourth-order valence-electron chi connectivity index (χ4n) is 3.18. The molecule has 1 N–H and O–H groups in total. The lowest BCUT2D eigenvalue weighted by atomic mass is 10.1. The average Bonchev–Trinajstić information content (AvgIpc) is 3.08. The van der Waals surface area contributed by atoms with Gasteiger partial charge in [-0.25, -0.2) is 0 Å². The van der Waals surface area contributed by atoms with E-state index in [2.05, 4.69) is 10.4 Å². The highest BCUT2D eigenvalue weighted by molar-refractivity contribution is 6.33. The first-order valence-electron chi connectivity index (χ1n) is 9.95. The van der Waals surface area contributed by atoms with Crippen molar-refractivity contribution in [1.82, 2.24) is 0 Å². The molecule has 1 aliphatic rings. The lowest BCUT2D eigenvalue weighted by Crippen LogP contribution is -2.21. The molecule has 0 saturated heterocycles. The Morgan fingerprint density at radius 2 is 1.75 bits per heavy atom. The molecule has 7 heteroatoms. The molecule has 1 aliphatic heterocycles.